The van der Waals surface area contributed by atoms with Crippen LogP contribution in [0.4, 0.5) is 16.0 Å². The lowest BCUT2D eigenvalue weighted by molar-refractivity contribution is 0.312. The topological polar surface area (TPSA) is 44.3 Å². The minimum Gasteiger partial charge on any atom is -0.370 e. The second kappa shape index (κ2) is 7.37. The van der Waals surface area contributed by atoms with E-state index in [0.717, 1.165) is 56.3 Å². The summed E-state index contributed by atoms with van der Waals surface area (Å²) in [4.78, 5) is 13.3. The fourth-order valence-corrected chi connectivity index (χ4v) is 2.64. The van der Waals surface area contributed by atoms with E-state index in [0.29, 0.717) is 0 Å². The van der Waals surface area contributed by atoms with Crippen molar-refractivity contribution in [3.63, 3.8) is 0 Å². The Labute approximate surface area is 136 Å². The molecule has 0 atom stereocenters. The molecule has 1 aromatic carbocycles. The van der Waals surface area contributed by atoms with Crippen molar-refractivity contribution in [2.45, 2.75) is 6.42 Å². The van der Waals surface area contributed by atoms with Gasteiger partial charge in [-0.2, -0.15) is 0 Å². The molecule has 0 radical (unpaired) electrons. The molecule has 1 fully saturated rings. The van der Waals surface area contributed by atoms with Crippen LogP contribution < -0.4 is 10.2 Å². The molecule has 0 spiro atoms. The standard InChI is InChI=1S/C17H22FN5/c1-22-8-10-23(11-9-22)17-12-16(20-13-21-17)19-7-6-14-2-4-15(18)5-3-14/h2-5,12-13H,6-11H2,1H3,(H,19,20,21). The van der Waals surface area contributed by atoms with Crippen molar-refractivity contribution in [3.8, 4) is 0 Å². The van der Waals surface area contributed by atoms with Crippen LogP contribution in [0, 0.1) is 5.82 Å². The van der Waals surface area contributed by atoms with Crippen LogP contribution in [0.2, 0.25) is 0 Å². The molecule has 3 rings (SSSR count). The number of hydrogen-bond acceptors (Lipinski definition) is 5. The van der Waals surface area contributed by atoms with E-state index in [2.05, 4.69) is 32.1 Å². The zero-order chi connectivity index (χ0) is 16.1. The molecular formula is C17H22FN5. The van der Waals surface area contributed by atoms with Crippen molar-refractivity contribution >= 4 is 11.6 Å². The zero-order valence-corrected chi connectivity index (χ0v) is 13.4. The van der Waals surface area contributed by atoms with Crippen LogP contribution in [0.1, 0.15) is 5.56 Å². The molecule has 1 aromatic heterocycles. The van der Waals surface area contributed by atoms with E-state index in [1.807, 2.05) is 18.2 Å². The van der Waals surface area contributed by atoms with Crippen LogP contribution in [0.5, 0.6) is 0 Å². The van der Waals surface area contributed by atoms with E-state index in [1.54, 1.807) is 6.33 Å². The normalized spacial score (nSPS) is 15.7. The Morgan fingerprint density at radius 3 is 2.57 bits per heavy atom. The quantitative estimate of drug-likeness (QED) is 0.914. The number of nitrogens with zero attached hydrogens (tertiary/aromatic N) is 4. The number of hydrogen-bond donors (Lipinski definition) is 1. The summed E-state index contributed by atoms with van der Waals surface area (Å²) in [5.74, 6) is 1.60. The summed E-state index contributed by atoms with van der Waals surface area (Å²) in [6.45, 7) is 4.84. The Hall–Kier alpha value is -2.21. The van der Waals surface area contributed by atoms with Crippen LogP contribution in [0.3, 0.4) is 0 Å². The van der Waals surface area contributed by atoms with E-state index in [1.165, 1.54) is 12.1 Å². The van der Waals surface area contributed by atoms with Gasteiger partial charge in [-0.1, -0.05) is 12.1 Å². The van der Waals surface area contributed by atoms with Gasteiger partial charge in [-0.15, -0.1) is 0 Å². The molecule has 0 aliphatic carbocycles. The highest BCUT2D eigenvalue weighted by molar-refractivity contribution is 5.48. The van der Waals surface area contributed by atoms with Crippen molar-refractivity contribution in [1.29, 1.82) is 0 Å². The average molecular weight is 315 g/mol. The van der Waals surface area contributed by atoms with E-state index in [9.17, 15) is 4.39 Å². The Balaban J connectivity index is 1.54. The minimum absolute atomic E-state index is 0.200. The lowest BCUT2D eigenvalue weighted by atomic mass is 10.1. The Morgan fingerprint density at radius 1 is 1.09 bits per heavy atom. The van der Waals surface area contributed by atoms with Gasteiger partial charge in [-0.05, 0) is 31.2 Å². The predicted molar refractivity (Wildman–Crippen MR) is 90.3 cm³/mol. The first-order valence-corrected chi connectivity index (χ1v) is 7.94. The molecule has 2 heterocycles. The third-order valence-corrected chi connectivity index (χ3v) is 4.11. The number of aromatic nitrogens is 2. The Kier molecular flexibility index (Phi) is 5.02. The lowest BCUT2D eigenvalue weighted by Gasteiger charge is -2.33. The number of piperazine rings is 1. The molecule has 0 saturated carbocycles. The number of anilines is 2. The van der Waals surface area contributed by atoms with Crippen LogP contribution in [0.15, 0.2) is 36.7 Å². The third-order valence-electron chi connectivity index (χ3n) is 4.11. The van der Waals surface area contributed by atoms with Gasteiger partial charge < -0.3 is 15.1 Å². The molecule has 0 bridgehead atoms. The average Bonchev–Trinajstić information content (AvgIpc) is 2.58. The van der Waals surface area contributed by atoms with Crippen LogP contribution in [0.25, 0.3) is 0 Å². The number of benzene rings is 1. The molecule has 2 aromatic rings. The Morgan fingerprint density at radius 2 is 1.83 bits per heavy atom. The second-order valence-electron chi connectivity index (χ2n) is 5.86. The molecule has 1 aliphatic heterocycles. The molecule has 1 saturated heterocycles. The summed E-state index contributed by atoms with van der Waals surface area (Å²) >= 11 is 0. The number of likely N-dealkylation sites (N-methyl/N-ethyl adjacent to an activating group) is 1. The largest absolute Gasteiger partial charge is 0.370 e. The summed E-state index contributed by atoms with van der Waals surface area (Å²) < 4.78 is 12.9. The highest BCUT2D eigenvalue weighted by Gasteiger charge is 2.15. The first-order valence-electron chi connectivity index (χ1n) is 7.94. The molecular weight excluding hydrogens is 293 g/mol. The molecule has 1 aliphatic rings. The van der Waals surface area contributed by atoms with Gasteiger partial charge in [0.2, 0.25) is 0 Å². The van der Waals surface area contributed by atoms with Gasteiger partial charge in [0.1, 0.15) is 23.8 Å². The summed E-state index contributed by atoms with van der Waals surface area (Å²) in [5.41, 5.74) is 1.10. The number of rotatable bonds is 5. The number of halogens is 1. The minimum atomic E-state index is -0.200. The van der Waals surface area contributed by atoms with Crippen LogP contribution in [-0.4, -0.2) is 54.6 Å². The molecule has 5 nitrogen and oxygen atoms in total. The van der Waals surface area contributed by atoms with E-state index < -0.39 is 0 Å². The Bertz CT molecular complexity index is 623. The van der Waals surface area contributed by atoms with Gasteiger partial charge in [0.25, 0.3) is 0 Å². The van der Waals surface area contributed by atoms with Gasteiger partial charge in [0.05, 0.1) is 0 Å². The van der Waals surface area contributed by atoms with E-state index in [4.69, 9.17) is 0 Å². The smallest absolute Gasteiger partial charge is 0.134 e. The van der Waals surface area contributed by atoms with Crippen molar-refractivity contribution in [1.82, 2.24) is 14.9 Å². The molecule has 23 heavy (non-hydrogen) atoms. The lowest BCUT2D eigenvalue weighted by Crippen LogP contribution is -2.44. The van der Waals surface area contributed by atoms with Crippen LogP contribution in [-0.2, 0) is 6.42 Å². The van der Waals surface area contributed by atoms with Crippen molar-refractivity contribution in [2.75, 3.05) is 50.0 Å². The van der Waals surface area contributed by atoms with Crippen molar-refractivity contribution in [2.24, 2.45) is 0 Å². The summed E-state index contributed by atoms with van der Waals surface area (Å²) in [5, 5.41) is 3.31. The maximum atomic E-state index is 12.9. The van der Waals surface area contributed by atoms with Gasteiger partial charge in [0, 0.05) is 38.8 Å². The zero-order valence-electron chi connectivity index (χ0n) is 13.4. The predicted octanol–water partition coefficient (Wildman–Crippen LogP) is 2.02. The summed E-state index contributed by atoms with van der Waals surface area (Å²) in [7, 11) is 2.14. The van der Waals surface area contributed by atoms with Crippen LogP contribution >= 0.6 is 0 Å². The van der Waals surface area contributed by atoms with Gasteiger partial charge in [-0.25, -0.2) is 14.4 Å². The monoisotopic (exact) mass is 315 g/mol. The van der Waals surface area contributed by atoms with Gasteiger partial charge in [-0.3, -0.25) is 0 Å². The maximum Gasteiger partial charge on any atom is 0.134 e. The maximum absolute atomic E-state index is 12.9. The highest BCUT2D eigenvalue weighted by atomic mass is 19.1. The van der Waals surface area contributed by atoms with Gasteiger partial charge >= 0.3 is 0 Å². The summed E-state index contributed by atoms with van der Waals surface area (Å²) in [6, 6.07) is 8.60. The molecule has 122 valence electrons. The van der Waals surface area contributed by atoms with E-state index >= 15 is 0 Å². The second-order valence-corrected chi connectivity index (χ2v) is 5.86. The van der Waals surface area contributed by atoms with Crippen molar-refractivity contribution < 1.29 is 4.39 Å². The first kappa shape index (κ1) is 15.7. The molecule has 1 N–H and O–H groups in total. The first-order chi connectivity index (χ1) is 11.2. The van der Waals surface area contributed by atoms with E-state index in [-0.39, 0.29) is 5.82 Å². The molecule has 0 amide bonds. The van der Waals surface area contributed by atoms with Crippen molar-refractivity contribution in [3.05, 3.63) is 48.0 Å². The van der Waals surface area contributed by atoms with Gasteiger partial charge in [0.15, 0.2) is 0 Å². The fraction of sp³-hybridized carbons (Fsp3) is 0.412. The third kappa shape index (κ3) is 4.39. The summed E-state index contributed by atoms with van der Waals surface area (Å²) in [6.07, 6.45) is 2.43. The highest BCUT2D eigenvalue weighted by Crippen LogP contribution is 2.16. The fourth-order valence-electron chi connectivity index (χ4n) is 2.64. The number of nitrogens with one attached hydrogen (secondary N) is 1. The molecule has 0 unspecified atom stereocenters. The molecule has 6 heteroatoms. The SMILES string of the molecule is CN1CCN(c2cc(NCCc3ccc(F)cc3)ncn2)CC1.